The Morgan fingerprint density at radius 1 is 1.13 bits per heavy atom. The van der Waals surface area contributed by atoms with E-state index in [-0.39, 0.29) is 23.7 Å². The average Bonchev–Trinajstić information content (AvgIpc) is 2.79. The minimum absolute atomic E-state index is 0.0890. The van der Waals surface area contributed by atoms with Crippen molar-refractivity contribution in [3.05, 3.63) is 66.5 Å². The van der Waals surface area contributed by atoms with Crippen molar-refractivity contribution in [2.24, 2.45) is 5.92 Å². The number of carbonyl (C=O) groups is 1. The van der Waals surface area contributed by atoms with E-state index in [0.29, 0.717) is 23.9 Å². The van der Waals surface area contributed by atoms with Crippen molar-refractivity contribution in [3.8, 4) is 11.3 Å². The molecule has 2 aromatic heterocycles. The molecule has 7 heteroatoms. The number of anilines is 2. The van der Waals surface area contributed by atoms with Gasteiger partial charge in [-0.2, -0.15) is 0 Å². The van der Waals surface area contributed by atoms with Gasteiger partial charge in [-0.25, -0.2) is 14.4 Å². The zero-order valence-corrected chi connectivity index (χ0v) is 17.8. The van der Waals surface area contributed by atoms with Crippen LogP contribution in [0, 0.1) is 11.7 Å². The summed E-state index contributed by atoms with van der Waals surface area (Å²) in [4.78, 5) is 28.4. The molecule has 1 amide bonds. The van der Waals surface area contributed by atoms with E-state index in [1.54, 1.807) is 24.5 Å². The Kier molecular flexibility index (Phi) is 6.21. The van der Waals surface area contributed by atoms with Crippen LogP contribution < -0.4 is 5.32 Å². The van der Waals surface area contributed by atoms with Crippen molar-refractivity contribution in [1.82, 2.24) is 19.9 Å². The first-order valence-electron chi connectivity index (χ1n) is 10.6. The maximum atomic E-state index is 13.7. The van der Waals surface area contributed by atoms with Crippen LogP contribution in [0.15, 0.2) is 54.9 Å². The molecular weight excluding hydrogens is 393 g/mol. The molecule has 31 heavy (non-hydrogen) atoms. The van der Waals surface area contributed by atoms with Crippen LogP contribution in [0.1, 0.15) is 45.0 Å². The first-order chi connectivity index (χ1) is 15.0. The lowest BCUT2D eigenvalue weighted by molar-refractivity contribution is -0.138. The lowest BCUT2D eigenvalue weighted by Gasteiger charge is -2.36. The summed E-state index contributed by atoms with van der Waals surface area (Å²) in [5.41, 5.74) is 2.23. The number of piperidine rings is 1. The summed E-state index contributed by atoms with van der Waals surface area (Å²) >= 11 is 0. The topological polar surface area (TPSA) is 71.0 Å². The fourth-order valence-electron chi connectivity index (χ4n) is 3.86. The second-order valence-corrected chi connectivity index (χ2v) is 8.07. The van der Waals surface area contributed by atoms with Crippen LogP contribution in [0.3, 0.4) is 0 Å². The van der Waals surface area contributed by atoms with E-state index >= 15 is 0 Å². The third kappa shape index (κ3) is 4.87. The third-order valence-electron chi connectivity index (χ3n) is 5.39. The Bertz CT molecular complexity index is 1060. The molecule has 1 aliphatic heterocycles. The molecule has 0 unspecified atom stereocenters. The fourth-order valence-corrected chi connectivity index (χ4v) is 3.86. The molecular formula is C24H26FN5O. The molecule has 4 rings (SSSR count). The Morgan fingerprint density at radius 3 is 2.68 bits per heavy atom. The summed E-state index contributed by atoms with van der Waals surface area (Å²) < 4.78 is 13.7. The van der Waals surface area contributed by atoms with Gasteiger partial charge in [0.15, 0.2) is 5.82 Å². The SMILES string of the molecule is CC(C)C(=O)N1CCCC[C@H]1c1nc(Nc2cccc(F)c2)cc(-c2ccncc2)n1. The number of hydrogen-bond acceptors (Lipinski definition) is 5. The summed E-state index contributed by atoms with van der Waals surface area (Å²) in [6, 6.07) is 11.7. The van der Waals surface area contributed by atoms with E-state index in [4.69, 9.17) is 9.97 Å². The van der Waals surface area contributed by atoms with Crippen LogP contribution in [0.2, 0.25) is 0 Å². The number of nitrogens with zero attached hydrogens (tertiary/aromatic N) is 4. The highest BCUT2D eigenvalue weighted by Gasteiger charge is 2.31. The number of likely N-dealkylation sites (tertiary alicyclic amines) is 1. The molecule has 3 aromatic rings. The van der Waals surface area contributed by atoms with E-state index in [2.05, 4.69) is 10.3 Å². The van der Waals surface area contributed by atoms with E-state index in [0.717, 1.165) is 30.5 Å². The molecule has 1 atom stereocenters. The highest BCUT2D eigenvalue weighted by atomic mass is 19.1. The monoisotopic (exact) mass is 419 g/mol. The molecule has 6 nitrogen and oxygen atoms in total. The van der Waals surface area contributed by atoms with Crippen LogP contribution in [-0.2, 0) is 4.79 Å². The molecule has 1 fully saturated rings. The maximum Gasteiger partial charge on any atom is 0.225 e. The molecule has 0 spiro atoms. The Balaban J connectivity index is 1.76. The summed E-state index contributed by atoms with van der Waals surface area (Å²) in [7, 11) is 0. The molecule has 160 valence electrons. The summed E-state index contributed by atoms with van der Waals surface area (Å²) in [5, 5.41) is 3.19. The smallest absolute Gasteiger partial charge is 0.225 e. The van der Waals surface area contributed by atoms with Crippen molar-refractivity contribution in [2.45, 2.75) is 39.2 Å². The second kappa shape index (κ2) is 9.20. The van der Waals surface area contributed by atoms with Crippen LogP contribution in [0.4, 0.5) is 15.9 Å². The average molecular weight is 420 g/mol. The molecule has 0 aliphatic carbocycles. The molecule has 0 saturated carbocycles. The number of hydrogen-bond donors (Lipinski definition) is 1. The van der Waals surface area contributed by atoms with E-state index in [1.807, 2.05) is 36.9 Å². The Hall–Kier alpha value is -3.35. The number of rotatable bonds is 5. The third-order valence-corrected chi connectivity index (χ3v) is 5.39. The lowest BCUT2D eigenvalue weighted by Crippen LogP contribution is -2.41. The van der Waals surface area contributed by atoms with Gasteiger partial charge in [0.1, 0.15) is 11.6 Å². The zero-order valence-electron chi connectivity index (χ0n) is 17.8. The van der Waals surface area contributed by atoms with Gasteiger partial charge in [0.05, 0.1) is 11.7 Å². The van der Waals surface area contributed by atoms with Crippen LogP contribution in [-0.4, -0.2) is 32.3 Å². The van der Waals surface area contributed by atoms with Crippen LogP contribution in [0.5, 0.6) is 0 Å². The van der Waals surface area contributed by atoms with Gasteiger partial charge in [-0.05, 0) is 49.6 Å². The highest BCUT2D eigenvalue weighted by Crippen LogP contribution is 2.33. The first kappa shape index (κ1) is 20.9. The van der Waals surface area contributed by atoms with Crippen molar-refractivity contribution < 1.29 is 9.18 Å². The van der Waals surface area contributed by atoms with Crippen molar-refractivity contribution >= 4 is 17.4 Å². The van der Waals surface area contributed by atoms with Gasteiger partial charge in [0, 0.05) is 42.2 Å². The summed E-state index contributed by atoms with van der Waals surface area (Å²) in [6.07, 6.45) is 6.24. The standard InChI is InChI=1S/C24H26FN5O/c1-16(2)24(31)30-13-4-3-8-21(30)23-28-20(17-9-11-26-12-10-17)15-22(29-23)27-19-7-5-6-18(25)14-19/h5-7,9-12,14-16,21H,3-4,8,13H2,1-2H3,(H,27,28,29)/t21-/m0/s1. The van der Waals surface area contributed by atoms with E-state index in [1.165, 1.54) is 12.1 Å². The van der Waals surface area contributed by atoms with Gasteiger partial charge < -0.3 is 10.2 Å². The molecule has 1 N–H and O–H groups in total. The molecule has 3 heterocycles. The van der Waals surface area contributed by atoms with Gasteiger partial charge >= 0.3 is 0 Å². The van der Waals surface area contributed by atoms with E-state index < -0.39 is 0 Å². The van der Waals surface area contributed by atoms with Crippen molar-refractivity contribution in [3.63, 3.8) is 0 Å². The summed E-state index contributed by atoms with van der Waals surface area (Å²) in [6.45, 7) is 4.54. The predicted octanol–water partition coefficient (Wildman–Crippen LogP) is 5.13. The van der Waals surface area contributed by atoms with Gasteiger partial charge in [0.2, 0.25) is 5.91 Å². The number of carbonyl (C=O) groups excluding carboxylic acids is 1. The fraction of sp³-hybridized carbons (Fsp3) is 0.333. The highest BCUT2D eigenvalue weighted by molar-refractivity contribution is 5.78. The first-order valence-corrected chi connectivity index (χ1v) is 10.6. The largest absolute Gasteiger partial charge is 0.340 e. The number of pyridine rings is 1. The minimum atomic E-state index is -0.324. The molecule has 0 radical (unpaired) electrons. The number of amides is 1. The van der Waals surface area contributed by atoms with Gasteiger partial charge in [-0.1, -0.05) is 19.9 Å². The Morgan fingerprint density at radius 2 is 1.94 bits per heavy atom. The molecule has 0 bridgehead atoms. The second-order valence-electron chi connectivity index (χ2n) is 8.07. The van der Waals surface area contributed by atoms with Crippen LogP contribution in [0.25, 0.3) is 11.3 Å². The molecule has 1 aliphatic rings. The molecule has 1 saturated heterocycles. The van der Waals surface area contributed by atoms with Gasteiger partial charge in [-0.3, -0.25) is 9.78 Å². The Labute approximate surface area is 181 Å². The lowest BCUT2D eigenvalue weighted by atomic mass is 9.99. The summed E-state index contributed by atoms with van der Waals surface area (Å²) in [5.74, 6) is 0.859. The predicted molar refractivity (Wildman–Crippen MR) is 118 cm³/mol. The normalized spacial score (nSPS) is 16.4. The zero-order chi connectivity index (χ0) is 21.8. The minimum Gasteiger partial charge on any atom is -0.340 e. The van der Waals surface area contributed by atoms with Crippen molar-refractivity contribution in [1.29, 1.82) is 0 Å². The molecule has 1 aromatic carbocycles. The number of nitrogens with one attached hydrogen (secondary N) is 1. The number of benzene rings is 1. The number of halogens is 1. The van der Waals surface area contributed by atoms with E-state index in [9.17, 15) is 9.18 Å². The van der Waals surface area contributed by atoms with Crippen molar-refractivity contribution in [2.75, 3.05) is 11.9 Å². The quantitative estimate of drug-likeness (QED) is 0.621. The van der Waals surface area contributed by atoms with Gasteiger partial charge in [0.25, 0.3) is 0 Å². The van der Waals surface area contributed by atoms with Gasteiger partial charge in [-0.15, -0.1) is 0 Å². The van der Waals surface area contributed by atoms with Crippen LogP contribution >= 0.6 is 0 Å². The maximum absolute atomic E-state index is 13.7. The number of aromatic nitrogens is 3.